The summed E-state index contributed by atoms with van der Waals surface area (Å²) in [4.78, 5) is 23.5. The highest BCUT2D eigenvalue weighted by Gasteiger charge is 2.13. The van der Waals surface area contributed by atoms with Crippen molar-refractivity contribution in [3.8, 4) is 28.1 Å². The Kier molecular flexibility index (Phi) is 5.86. The summed E-state index contributed by atoms with van der Waals surface area (Å²) in [6.45, 7) is 0.642. The first kappa shape index (κ1) is 20.4. The van der Waals surface area contributed by atoms with Crippen LogP contribution in [-0.4, -0.2) is 32.5 Å². The van der Waals surface area contributed by atoms with Gasteiger partial charge in [0.2, 0.25) is 0 Å². The fraction of sp³-hybridized carbons (Fsp3) is 0.0870. The lowest BCUT2D eigenvalue weighted by atomic mass is 10.0. The number of carbonyl (C=O) groups is 1. The minimum Gasteiger partial charge on any atom is -0.507 e. The van der Waals surface area contributed by atoms with E-state index in [-0.39, 0.29) is 11.3 Å². The molecule has 0 atom stereocenters. The second-order valence-electron chi connectivity index (χ2n) is 6.96. The maximum Gasteiger partial charge on any atom is 0.252 e. The van der Waals surface area contributed by atoms with Crippen LogP contribution in [0.5, 0.6) is 5.75 Å². The van der Waals surface area contributed by atoms with Crippen LogP contribution in [0.1, 0.15) is 16.1 Å². The summed E-state index contributed by atoms with van der Waals surface area (Å²) < 4.78 is 0. The van der Waals surface area contributed by atoms with Gasteiger partial charge in [-0.2, -0.15) is 0 Å². The second kappa shape index (κ2) is 8.89. The molecule has 2 aromatic carbocycles. The molecule has 1 amide bonds. The molecule has 0 saturated heterocycles. The quantitative estimate of drug-likeness (QED) is 0.347. The van der Waals surface area contributed by atoms with Crippen molar-refractivity contribution < 1.29 is 9.90 Å². The molecule has 0 fully saturated rings. The van der Waals surface area contributed by atoms with E-state index in [2.05, 4.69) is 15.3 Å². The van der Waals surface area contributed by atoms with Crippen molar-refractivity contribution in [1.82, 2.24) is 15.0 Å². The van der Waals surface area contributed by atoms with Crippen molar-refractivity contribution in [2.24, 2.45) is 5.73 Å². The molecule has 156 valence electrons. The number of hydrogen-bond acceptors (Lipinski definition) is 5. The third kappa shape index (κ3) is 4.67. The first-order valence-electron chi connectivity index (χ1n) is 9.62. The molecule has 0 saturated carbocycles. The van der Waals surface area contributed by atoms with Gasteiger partial charge in [0, 0.05) is 41.0 Å². The van der Waals surface area contributed by atoms with Crippen LogP contribution >= 0.6 is 11.6 Å². The van der Waals surface area contributed by atoms with Crippen LogP contribution in [0.2, 0.25) is 5.02 Å². The molecule has 4 rings (SSSR count). The summed E-state index contributed by atoms with van der Waals surface area (Å²) >= 11 is 6.42. The average molecular weight is 434 g/mol. The SMILES string of the molecule is NC(=O)c1cc(-c2cc(-c3ccccc3Cl)cc(NCCc3cnc[nH]3)n2)ccc1O. The van der Waals surface area contributed by atoms with E-state index in [1.807, 2.05) is 36.4 Å². The van der Waals surface area contributed by atoms with E-state index in [4.69, 9.17) is 22.3 Å². The molecule has 0 spiro atoms. The number of rotatable bonds is 7. The molecular formula is C23H20ClN5O2. The normalized spacial score (nSPS) is 10.7. The number of aromatic nitrogens is 3. The number of halogens is 1. The maximum absolute atomic E-state index is 11.7. The zero-order valence-electron chi connectivity index (χ0n) is 16.5. The topological polar surface area (TPSA) is 117 Å². The van der Waals surface area contributed by atoms with Crippen molar-refractivity contribution in [2.75, 3.05) is 11.9 Å². The first-order valence-corrected chi connectivity index (χ1v) is 10.0. The molecule has 31 heavy (non-hydrogen) atoms. The molecule has 8 heteroatoms. The number of hydrogen-bond donors (Lipinski definition) is 4. The van der Waals surface area contributed by atoms with Crippen molar-refractivity contribution in [3.63, 3.8) is 0 Å². The summed E-state index contributed by atoms with van der Waals surface area (Å²) in [6.07, 6.45) is 4.17. The molecule has 0 bridgehead atoms. The zero-order chi connectivity index (χ0) is 21.8. The monoisotopic (exact) mass is 433 g/mol. The Morgan fingerprint density at radius 1 is 1.13 bits per heavy atom. The minimum absolute atomic E-state index is 0.0381. The van der Waals surface area contributed by atoms with E-state index < -0.39 is 5.91 Å². The Bertz CT molecular complexity index is 1220. The minimum atomic E-state index is -0.709. The Morgan fingerprint density at radius 2 is 1.97 bits per heavy atom. The van der Waals surface area contributed by atoms with Gasteiger partial charge in [-0.1, -0.05) is 29.8 Å². The van der Waals surface area contributed by atoms with Crippen LogP contribution in [0, 0.1) is 0 Å². The van der Waals surface area contributed by atoms with Gasteiger partial charge in [-0.15, -0.1) is 0 Å². The number of aromatic amines is 1. The summed E-state index contributed by atoms with van der Waals surface area (Å²) in [5.41, 5.74) is 9.43. The summed E-state index contributed by atoms with van der Waals surface area (Å²) in [6, 6.07) is 16.0. The predicted octanol–water partition coefficient (Wildman–Crippen LogP) is 4.25. The van der Waals surface area contributed by atoms with Crippen LogP contribution in [0.4, 0.5) is 5.82 Å². The van der Waals surface area contributed by atoms with Gasteiger partial charge in [0.05, 0.1) is 17.6 Å². The predicted molar refractivity (Wildman–Crippen MR) is 121 cm³/mol. The molecular weight excluding hydrogens is 414 g/mol. The molecule has 7 nitrogen and oxygen atoms in total. The van der Waals surface area contributed by atoms with Crippen molar-refractivity contribution in [1.29, 1.82) is 0 Å². The highest BCUT2D eigenvalue weighted by Crippen LogP contribution is 2.33. The molecule has 4 aromatic rings. The molecule has 2 heterocycles. The van der Waals surface area contributed by atoms with E-state index in [0.29, 0.717) is 28.6 Å². The number of amides is 1. The lowest BCUT2D eigenvalue weighted by molar-refractivity contribution is 0.0998. The van der Waals surface area contributed by atoms with Crippen LogP contribution < -0.4 is 11.1 Å². The number of anilines is 1. The lowest BCUT2D eigenvalue weighted by Crippen LogP contribution is -2.11. The van der Waals surface area contributed by atoms with E-state index in [0.717, 1.165) is 23.2 Å². The summed E-state index contributed by atoms with van der Waals surface area (Å²) in [7, 11) is 0. The van der Waals surface area contributed by atoms with E-state index in [1.165, 1.54) is 12.1 Å². The standard InChI is InChI=1S/C23H20ClN5O2/c24-19-4-2-1-3-17(19)15-10-20(14-5-6-21(30)18(9-14)23(25)31)29-22(11-15)27-8-7-16-12-26-13-28-16/h1-6,9-13,30H,7-8H2,(H2,25,31)(H,26,28)(H,27,29). The van der Waals surface area contributed by atoms with Crippen molar-refractivity contribution in [3.05, 3.63) is 83.4 Å². The second-order valence-corrected chi connectivity index (χ2v) is 7.36. The number of nitrogens with zero attached hydrogens (tertiary/aromatic N) is 2. The van der Waals surface area contributed by atoms with Gasteiger partial charge in [-0.05, 0) is 42.0 Å². The van der Waals surface area contributed by atoms with Gasteiger partial charge in [0.1, 0.15) is 11.6 Å². The van der Waals surface area contributed by atoms with Gasteiger partial charge >= 0.3 is 0 Å². The smallest absolute Gasteiger partial charge is 0.252 e. The Labute approximate surface area is 183 Å². The van der Waals surface area contributed by atoms with Crippen LogP contribution in [0.25, 0.3) is 22.4 Å². The number of imidazole rings is 1. The zero-order valence-corrected chi connectivity index (χ0v) is 17.2. The lowest BCUT2D eigenvalue weighted by Gasteiger charge is -2.13. The Hall–Kier alpha value is -3.84. The fourth-order valence-electron chi connectivity index (χ4n) is 3.26. The largest absolute Gasteiger partial charge is 0.507 e. The molecule has 0 aliphatic carbocycles. The van der Waals surface area contributed by atoms with Gasteiger partial charge in [-0.3, -0.25) is 4.79 Å². The van der Waals surface area contributed by atoms with Gasteiger partial charge < -0.3 is 21.1 Å². The summed E-state index contributed by atoms with van der Waals surface area (Å²) in [5.74, 6) is -0.225. The van der Waals surface area contributed by atoms with E-state index in [1.54, 1.807) is 18.6 Å². The van der Waals surface area contributed by atoms with Crippen LogP contribution in [0.15, 0.2) is 67.1 Å². The number of primary amides is 1. The fourth-order valence-corrected chi connectivity index (χ4v) is 3.50. The highest BCUT2D eigenvalue weighted by atomic mass is 35.5. The Morgan fingerprint density at radius 3 is 2.71 bits per heavy atom. The number of nitrogens with two attached hydrogens (primary N) is 1. The van der Waals surface area contributed by atoms with Gasteiger partial charge in [-0.25, -0.2) is 9.97 Å². The number of phenols is 1. The van der Waals surface area contributed by atoms with E-state index >= 15 is 0 Å². The summed E-state index contributed by atoms with van der Waals surface area (Å²) in [5, 5.41) is 13.9. The van der Waals surface area contributed by atoms with Crippen LogP contribution in [0.3, 0.4) is 0 Å². The number of benzene rings is 2. The first-order chi connectivity index (χ1) is 15.0. The third-order valence-electron chi connectivity index (χ3n) is 4.82. The highest BCUT2D eigenvalue weighted by molar-refractivity contribution is 6.33. The number of aromatic hydroxyl groups is 1. The molecule has 5 N–H and O–H groups in total. The molecule has 0 aliphatic rings. The number of pyridine rings is 1. The van der Waals surface area contributed by atoms with Gasteiger partial charge in [0.15, 0.2) is 0 Å². The van der Waals surface area contributed by atoms with Crippen LogP contribution in [-0.2, 0) is 6.42 Å². The average Bonchev–Trinajstić information content (AvgIpc) is 3.27. The maximum atomic E-state index is 11.7. The molecule has 0 unspecified atom stereocenters. The van der Waals surface area contributed by atoms with Gasteiger partial charge in [0.25, 0.3) is 5.91 Å². The van der Waals surface area contributed by atoms with E-state index in [9.17, 15) is 9.90 Å². The number of H-pyrrole nitrogens is 1. The van der Waals surface area contributed by atoms with Crippen molar-refractivity contribution in [2.45, 2.75) is 6.42 Å². The molecule has 2 aromatic heterocycles. The third-order valence-corrected chi connectivity index (χ3v) is 5.15. The molecule has 0 aliphatic heterocycles. The van der Waals surface area contributed by atoms with Crippen molar-refractivity contribution >= 4 is 23.3 Å². The number of carbonyl (C=O) groups excluding carboxylic acids is 1. The number of nitrogens with one attached hydrogen (secondary N) is 2. The molecule has 0 radical (unpaired) electrons. The Balaban J connectivity index is 1.73.